The molecular weight excluding hydrogens is 322 g/mol. The van der Waals surface area contributed by atoms with E-state index >= 15 is 0 Å². The SMILES string of the molecule is O=C1C[C@H](C(=O)N2CCc3sccc3C2)CN1Cc1ccccn1. The second kappa shape index (κ2) is 6.36. The van der Waals surface area contributed by atoms with Crippen LogP contribution in [0.3, 0.4) is 0 Å². The molecule has 2 aliphatic rings. The summed E-state index contributed by atoms with van der Waals surface area (Å²) in [5.74, 6) is -0.0580. The Labute approximate surface area is 144 Å². The molecule has 5 nitrogen and oxygen atoms in total. The highest BCUT2D eigenvalue weighted by atomic mass is 32.1. The summed E-state index contributed by atoms with van der Waals surface area (Å²) in [4.78, 5) is 34.4. The van der Waals surface area contributed by atoms with E-state index < -0.39 is 0 Å². The average molecular weight is 341 g/mol. The Kier molecular flexibility index (Phi) is 4.06. The fourth-order valence-electron chi connectivity index (χ4n) is 3.47. The van der Waals surface area contributed by atoms with Gasteiger partial charge in [0.1, 0.15) is 0 Å². The van der Waals surface area contributed by atoms with Crippen molar-refractivity contribution in [2.24, 2.45) is 5.92 Å². The third-order valence-corrected chi connectivity index (χ3v) is 5.79. The lowest BCUT2D eigenvalue weighted by molar-refractivity contribution is -0.136. The van der Waals surface area contributed by atoms with E-state index in [9.17, 15) is 9.59 Å². The van der Waals surface area contributed by atoms with E-state index in [2.05, 4.69) is 16.4 Å². The van der Waals surface area contributed by atoms with Crippen LogP contribution in [0.5, 0.6) is 0 Å². The van der Waals surface area contributed by atoms with Crippen LogP contribution in [0, 0.1) is 5.92 Å². The van der Waals surface area contributed by atoms with Gasteiger partial charge in [0.2, 0.25) is 11.8 Å². The lowest BCUT2D eigenvalue weighted by atomic mass is 10.0. The summed E-state index contributed by atoms with van der Waals surface area (Å²) in [6.07, 6.45) is 2.97. The second-order valence-corrected chi connectivity index (χ2v) is 7.38. The molecular formula is C18H19N3O2S. The summed E-state index contributed by atoms with van der Waals surface area (Å²) >= 11 is 1.77. The summed E-state index contributed by atoms with van der Waals surface area (Å²) < 4.78 is 0. The molecule has 2 amide bonds. The van der Waals surface area contributed by atoms with Crippen molar-refractivity contribution in [3.63, 3.8) is 0 Å². The Morgan fingerprint density at radius 1 is 1.33 bits per heavy atom. The minimum absolute atomic E-state index is 0.0484. The molecule has 1 saturated heterocycles. The lowest BCUT2D eigenvalue weighted by Gasteiger charge is -2.29. The van der Waals surface area contributed by atoms with Gasteiger partial charge in [0.25, 0.3) is 0 Å². The molecule has 0 unspecified atom stereocenters. The molecule has 0 saturated carbocycles. The molecule has 0 radical (unpaired) electrons. The fraction of sp³-hybridized carbons (Fsp3) is 0.389. The molecule has 2 aliphatic heterocycles. The van der Waals surface area contributed by atoms with Gasteiger partial charge in [-0.3, -0.25) is 14.6 Å². The summed E-state index contributed by atoms with van der Waals surface area (Å²) in [7, 11) is 0. The van der Waals surface area contributed by atoms with E-state index in [1.54, 1.807) is 22.4 Å². The number of amides is 2. The Bertz CT molecular complexity index is 759. The molecule has 0 spiro atoms. The van der Waals surface area contributed by atoms with Gasteiger partial charge in [-0.1, -0.05) is 6.07 Å². The van der Waals surface area contributed by atoms with Crippen LogP contribution in [-0.2, 0) is 29.1 Å². The molecule has 0 aliphatic carbocycles. The van der Waals surface area contributed by atoms with E-state index in [4.69, 9.17) is 0 Å². The van der Waals surface area contributed by atoms with Crippen LogP contribution in [-0.4, -0.2) is 39.7 Å². The molecule has 1 atom stereocenters. The largest absolute Gasteiger partial charge is 0.338 e. The molecule has 4 rings (SSSR count). The molecule has 4 heterocycles. The van der Waals surface area contributed by atoms with Crippen LogP contribution in [0.1, 0.15) is 22.6 Å². The van der Waals surface area contributed by atoms with Crippen molar-refractivity contribution in [1.29, 1.82) is 0 Å². The zero-order valence-electron chi connectivity index (χ0n) is 13.4. The second-order valence-electron chi connectivity index (χ2n) is 6.38. The molecule has 6 heteroatoms. The Morgan fingerprint density at radius 2 is 2.25 bits per heavy atom. The number of aromatic nitrogens is 1. The highest BCUT2D eigenvalue weighted by Gasteiger charge is 2.37. The first-order valence-electron chi connectivity index (χ1n) is 8.22. The van der Waals surface area contributed by atoms with Crippen molar-refractivity contribution in [1.82, 2.24) is 14.8 Å². The van der Waals surface area contributed by atoms with Crippen LogP contribution in [0.4, 0.5) is 0 Å². The molecule has 0 N–H and O–H groups in total. The summed E-state index contributed by atoms with van der Waals surface area (Å²) in [5.41, 5.74) is 2.12. The zero-order valence-corrected chi connectivity index (χ0v) is 14.2. The number of thiophene rings is 1. The Hall–Kier alpha value is -2.21. The van der Waals surface area contributed by atoms with Crippen LogP contribution >= 0.6 is 11.3 Å². The molecule has 2 aromatic rings. The average Bonchev–Trinajstić information content (AvgIpc) is 3.21. The monoisotopic (exact) mass is 341 g/mol. The van der Waals surface area contributed by atoms with Crippen LogP contribution in [0.25, 0.3) is 0 Å². The van der Waals surface area contributed by atoms with Crippen LogP contribution in [0.2, 0.25) is 0 Å². The van der Waals surface area contributed by atoms with Gasteiger partial charge in [-0.05, 0) is 35.6 Å². The molecule has 0 aromatic carbocycles. The van der Waals surface area contributed by atoms with Gasteiger partial charge in [0.05, 0.1) is 18.2 Å². The maximum absolute atomic E-state index is 12.8. The minimum Gasteiger partial charge on any atom is -0.338 e. The number of hydrogen-bond acceptors (Lipinski definition) is 4. The normalized spacial score (nSPS) is 20.3. The lowest BCUT2D eigenvalue weighted by Crippen LogP contribution is -2.40. The number of rotatable bonds is 3. The highest BCUT2D eigenvalue weighted by molar-refractivity contribution is 7.10. The van der Waals surface area contributed by atoms with Crippen molar-refractivity contribution >= 4 is 23.2 Å². The zero-order chi connectivity index (χ0) is 16.5. The Morgan fingerprint density at radius 3 is 3.08 bits per heavy atom. The molecule has 1 fully saturated rings. The van der Waals surface area contributed by atoms with Gasteiger partial charge in [-0.15, -0.1) is 11.3 Å². The van der Waals surface area contributed by atoms with Crippen molar-refractivity contribution < 1.29 is 9.59 Å². The highest BCUT2D eigenvalue weighted by Crippen LogP contribution is 2.27. The van der Waals surface area contributed by atoms with Gasteiger partial charge in [-0.25, -0.2) is 0 Å². The van der Waals surface area contributed by atoms with Crippen LogP contribution in [0.15, 0.2) is 35.8 Å². The Balaban J connectivity index is 1.40. The molecule has 124 valence electrons. The van der Waals surface area contributed by atoms with Crippen molar-refractivity contribution in [2.45, 2.75) is 25.9 Å². The van der Waals surface area contributed by atoms with E-state index in [0.717, 1.165) is 18.7 Å². The smallest absolute Gasteiger partial charge is 0.228 e. The predicted molar refractivity (Wildman–Crippen MR) is 91.2 cm³/mol. The van der Waals surface area contributed by atoms with E-state index in [1.165, 1.54) is 10.4 Å². The maximum atomic E-state index is 12.8. The van der Waals surface area contributed by atoms with E-state index in [0.29, 0.717) is 26.1 Å². The summed E-state index contributed by atoms with van der Waals surface area (Å²) in [6, 6.07) is 7.78. The number of nitrogens with zero attached hydrogens (tertiary/aromatic N) is 3. The number of fused-ring (bicyclic) bond motifs is 1. The first kappa shape index (κ1) is 15.3. The van der Waals surface area contributed by atoms with Crippen LogP contribution < -0.4 is 0 Å². The van der Waals surface area contributed by atoms with Crippen molar-refractivity contribution in [3.8, 4) is 0 Å². The van der Waals surface area contributed by atoms with Gasteiger partial charge >= 0.3 is 0 Å². The van der Waals surface area contributed by atoms with Gasteiger partial charge in [-0.2, -0.15) is 0 Å². The first-order valence-corrected chi connectivity index (χ1v) is 9.10. The number of carbonyl (C=O) groups excluding carboxylic acids is 2. The van der Waals surface area contributed by atoms with Gasteiger partial charge < -0.3 is 9.80 Å². The van der Waals surface area contributed by atoms with E-state index in [-0.39, 0.29) is 17.7 Å². The van der Waals surface area contributed by atoms with Gasteiger partial charge in [0.15, 0.2) is 0 Å². The minimum atomic E-state index is -0.221. The summed E-state index contributed by atoms with van der Waals surface area (Å²) in [6.45, 7) is 2.43. The standard InChI is InChI=1S/C18H19N3O2S/c22-17-9-14(11-21(17)12-15-3-1-2-6-19-15)18(23)20-7-4-16-13(10-20)5-8-24-16/h1-3,5-6,8,14H,4,7,9-12H2/t14-/m0/s1. The maximum Gasteiger partial charge on any atom is 0.228 e. The molecule has 2 aromatic heterocycles. The number of pyridine rings is 1. The quantitative estimate of drug-likeness (QED) is 0.859. The van der Waals surface area contributed by atoms with E-state index in [1.807, 2.05) is 23.1 Å². The molecule has 24 heavy (non-hydrogen) atoms. The van der Waals surface area contributed by atoms with Gasteiger partial charge in [0, 0.05) is 37.1 Å². The third kappa shape index (κ3) is 2.94. The number of likely N-dealkylation sites (tertiary alicyclic amines) is 1. The number of hydrogen-bond donors (Lipinski definition) is 0. The van der Waals surface area contributed by atoms with Crippen molar-refractivity contribution in [3.05, 3.63) is 52.0 Å². The number of carbonyl (C=O) groups is 2. The third-order valence-electron chi connectivity index (χ3n) is 4.76. The predicted octanol–water partition coefficient (Wildman–Crippen LogP) is 2.08. The topological polar surface area (TPSA) is 53.5 Å². The molecule has 0 bridgehead atoms. The van der Waals surface area contributed by atoms with Crippen molar-refractivity contribution in [2.75, 3.05) is 13.1 Å². The fourth-order valence-corrected chi connectivity index (χ4v) is 4.36. The summed E-state index contributed by atoms with van der Waals surface area (Å²) in [5, 5.41) is 2.09. The first-order chi connectivity index (χ1) is 11.7.